The molecule has 0 radical (unpaired) electrons. The first-order chi connectivity index (χ1) is 12.2. The van der Waals surface area contributed by atoms with Gasteiger partial charge in [-0.3, -0.25) is 4.79 Å². The van der Waals surface area contributed by atoms with Gasteiger partial charge < -0.3 is 5.73 Å². The van der Waals surface area contributed by atoms with E-state index in [9.17, 15) is 22.0 Å². The topological polar surface area (TPSA) is 98.3 Å². The summed E-state index contributed by atoms with van der Waals surface area (Å²) in [6.45, 7) is 1.36. The van der Waals surface area contributed by atoms with E-state index < -0.39 is 34.7 Å². The van der Waals surface area contributed by atoms with E-state index in [1.54, 1.807) is 12.3 Å². The summed E-state index contributed by atoms with van der Waals surface area (Å²) in [6.07, 6.45) is 1.13. The highest BCUT2D eigenvalue weighted by Gasteiger charge is 2.39. The lowest BCUT2D eigenvalue weighted by Gasteiger charge is -2.30. The van der Waals surface area contributed by atoms with Crippen molar-refractivity contribution >= 4 is 27.3 Å². The smallest absolute Gasteiger partial charge is 0.252 e. The zero-order valence-electron chi connectivity index (χ0n) is 14.0. The Balaban J connectivity index is 2.01. The predicted octanol–water partition coefficient (Wildman–Crippen LogP) is 2.01. The molecule has 0 aliphatic carbocycles. The van der Waals surface area contributed by atoms with E-state index in [1.807, 2.05) is 6.92 Å². The van der Waals surface area contributed by atoms with Gasteiger partial charge in [0, 0.05) is 37.8 Å². The maximum absolute atomic E-state index is 13.3. The van der Waals surface area contributed by atoms with Gasteiger partial charge in [-0.1, -0.05) is 6.92 Å². The van der Waals surface area contributed by atoms with Gasteiger partial charge in [0.05, 0.1) is 5.56 Å². The Labute approximate surface area is 153 Å². The van der Waals surface area contributed by atoms with Crippen molar-refractivity contribution in [2.45, 2.75) is 36.3 Å². The zero-order valence-corrected chi connectivity index (χ0v) is 15.6. The minimum atomic E-state index is -3.99. The Morgan fingerprint density at radius 2 is 2.04 bits per heavy atom. The van der Waals surface area contributed by atoms with Crippen LogP contribution in [-0.2, 0) is 16.4 Å². The van der Waals surface area contributed by atoms with Crippen LogP contribution < -0.4 is 5.73 Å². The molecule has 0 aromatic carbocycles. The van der Waals surface area contributed by atoms with Crippen LogP contribution in [0.4, 0.5) is 8.78 Å². The summed E-state index contributed by atoms with van der Waals surface area (Å²) < 4.78 is 54.7. The fourth-order valence-electron chi connectivity index (χ4n) is 2.78. The van der Waals surface area contributed by atoms with Crippen molar-refractivity contribution < 1.29 is 22.0 Å². The SMILES string of the molecule is CCc1ccnn1-c1sc(S(=O)(=O)N2CCC(F)(F)CC2)cc1C(N)=O. The molecule has 0 atom stereocenters. The molecule has 11 heteroatoms. The van der Waals surface area contributed by atoms with Crippen molar-refractivity contribution in [1.82, 2.24) is 14.1 Å². The van der Waals surface area contributed by atoms with Crippen molar-refractivity contribution in [3.63, 3.8) is 0 Å². The highest BCUT2D eigenvalue weighted by Crippen LogP contribution is 2.35. The van der Waals surface area contributed by atoms with E-state index in [-0.39, 0.29) is 22.9 Å². The first-order valence-corrected chi connectivity index (χ1v) is 10.3. The van der Waals surface area contributed by atoms with Gasteiger partial charge in [-0.25, -0.2) is 21.9 Å². The number of hydrogen-bond acceptors (Lipinski definition) is 5. The molecular formula is C15H18F2N4O3S2. The summed E-state index contributed by atoms with van der Waals surface area (Å²) in [7, 11) is -3.99. The van der Waals surface area contributed by atoms with Crippen LogP contribution in [0.1, 0.15) is 35.8 Å². The number of nitrogens with zero attached hydrogens (tertiary/aromatic N) is 3. The monoisotopic (exact) mass is 404 g/mol. The molecule has 26 heavy (non-hydrogen) atoms. The van der Waals surface area contributed by atoms with Crippen LogP contribution in [0.2, 0.25) is 0 Å². The minimum Gasteiger partial charge on any atom is -0.366 e. The number of piperidine rings is 1. The number of primary amides is 1. The van der Waals surface area contributed by atoms with Gasteiger partial charge in [-0.2, -0.15) is 9.40 Å². The Hall–Kier alpha value is -1.85. The van der Waals surface area contributed by atoms with Gasteiger partial charge in [0.1, 0.15) is 9.21 Å². The zero-order chi connectivity index (χ0) is 19.1. The van der Waals surface area contributed by atoms with E-state index in [0.717, 1.165) is 21.3 Å². The first kappa shape index (κ1) is 18.9. The number of alkyl halides is 2. The molecule has 2 N–H and O–H groups in total. The molecule has 1 saturated heterocycles. The Morgan fingerprint density at radius 1 is 1.38 bits per heavy atom. The molecule has 0 bridgehead atoms. The Bertz CT molecular complexity index is 927. The van der Waals surface area contributed by atoms with Crippen molar-refractivity contribution in [1.29, 1.82) is 0 Å². The maximum atomic E-state index is 13.3. The molecule has 2 aromatic heterocycles. The van der Waals surface area contributed by atoms with E-state index in [4.69, 9.17) is 5.73 Å². The van der Waals surface area contributed by atoms with E-state index in [0.29, 0.717) is 11.4 Å². The molecule has 0 spiro atoms. The minimum absolute atomic E-state index is 0.0364. The molecule has 1 amide bonds. The standard InChI is InChI=1S/C15H18F2N4O3S2/c1-2-10-3-6-19-21(10)14-11(13(18)22)9-12(25-14)26(23,24)20-7-4-15(16,17)5-8-20/h3,6,9H,2,4-5,7-8H2,1H3,(H2,18,22). The van der Waals surface area contributed by atoms with Crippen LogP contribution in [0.3, 0.4) is 0 Å². The predicted molar refractivity (Wildman–Crippen MR) is 92.3 cm³/mol. The third-order valence-electron chi connectivity index (χ3n) is 4.28. The van der Waals surface area contributed by atoms with Gasteiger partial charge in [0.25, 0.3) is 21.9 Å². The quantitative estimate of drug-likeness (QED) is 0.824. The molecule has 142 valence electrons. The molecular weight excluding hydrogens is 386 g/mol. The lowest BCUT2D eigenvalue weighted by Crippen LogP contribution is -2.42. The highest BCUT2D eigenvalue weighted by molar-refractivity contribution is 7.91. The second-order valence-corrected chi connectivity index (χ2v) is 9.19. The van der Waals surface area contributed by atoms with E-state index in [1.165, 1.54) is 10.7 Å². The summed E-state index contributed by atoms with van der Waals surface area (Å²) in [5.41, 5.74) is 6.23. The molecule has 0 saturated carbocycles. The molecule has 0 unspecified atom stereocenters. The van der Waals surface area contributed by atoms with E-state index >= 15 is 0 Å². The van der Waals surface area contributed by atoms with Crippen molar-refractivity contribution in [2.24, 2.45) is 5.73 Å². The fraction of sp³-hybridized carbons (Fsp3) is 0.467. The number of halogens is 2. The lowest BCUT2D eigenvalue weighted by atomic mass is 10.1. The first-order valence-electron chi connectivity index (χ1n) is 8.00. The third-order valence-corrected chi connectivity index (χ3v) is 7.74. The molecule has 1 fully saturated rings. The Morgan fingerprint density at radius 3 is 2.62 bits per heavy atom. The average molecular weight is 404 g/mol. The van der Waals surface area contributed by atoms with Crippen LogP contribution in [0.5, 0.6) is 0 Å². The van der Waals surface area contributed by atoms with Crippen LogP contribution in [0.15, 0.2) is 22.5 Å². The fourth-order valence-corrected chi connectivity index (χ4v) is 5.83. The number of hydrogen-bond donors (Lipinski definition) is 1. The molecule has 3 rings (SSSR count). The second-order valence-electron chi connectivity index (χ2n) is 6.00. The Kier molecular flexibility index (Phi) is 4.88. The highest BCUT2D eigenvalue weighted by atomic mass is 32.2. The average Bonchev–Trinajstić information content (AvgIpc) is 3.20. The summed E-state index contributed by atoms with van der Waals surface area (Å²) in [4.78, 5) is 11.8. The van der Waals surface area contributed by atoms with Gasteiger partial charge in [-0.05, 0) is 18.6 Å². The van der Waals surface area contributed by atoms with Gasteiger partial charge in [-0.15, -0.1) is 11.3 Å². The molecule has 7 nitrogen and oxygen atoms in total. The number of nitrogens with two attached hydrogens (primary N) is 1. The van der Waals surface area contributed by atoms with Crippen LogP contribution in [0, 0.1) is 0 Å². The number of aryl methyl sites for hydroxylation is 1. The summed E-state index contributed by atoms with van der Waals surface area (Å²) >= 11 is 0.858. The van der Waals surface area contributed by atoms with Crippen LogP contribution in [-0.4, -0.2) is 47.4 Å². The lowest BCUT2D eigenvalue weighted by molar-refractivity contribution is -0.0411. The third kappa shape index (κ3) is 3.38. The number of thiophene rings is 1. The number of aromatic nitrogens is 2. The molecule has 2 aromatic rings. The normalized spacial score (nSPS) is 18.1. The van der Waals surface area contributed by atoms with Crippen LogP contribution in [0.25, 0.3) is 5.00 Å². The van der Waals surface area contributed by atoms with E-state index in [2.05, 4.69) is 5.10 Å². The summed E-state index contributed by atoms with van der Waals surface area (Å²) in [6, 6.07) is 2.96. The summed E-state index contributed by atoms with van der Waals surface area (Å²) in [5, 5.41) is 4.44. The van der Waals surface area contributed by atoms with Crippen molar-refractivity contribution in [2.75, 3.05) is 13.1 Å². The largest absolute Gasteiger partial charge is 0.366 e. The van der Waals surface area contributed by atoms with Crippen molar-refractivity contribution in [3.05, 3.63) is 29.6 Å². The number of carbonyl (C=O) groups is 1. The number of carbonyl (C=O) groups excluding carboxylic acids is 1. The molecule has 3 heterocycles. The van der Waals surface area contributed by atoms with Gasteiger partial charge in [0.2, 0.25) is 0 Å². The van der Waals surface area contributed by atoms with Gasteiger partial charge >= 0.3 is 0 Å². The molecule has 1 aliphatic heterocycles. The number of amides is 1. The van der Waals surface area contributed by atoms with Crippen LogP contribution >= 0.6 is 11.3 Å². The number of sulfonamides is 1. The molecule has 1 aliphatic rings. The summed E-state index contributed by atoms with van der Waals surface area (Å²) in [5.74, 6) is -3.63. The number of rotatable bonds is 5. The van der Waals surface area contributed by atoms with Crippen molar-refractivity contribution in [3.8, 4) is 5.00 Å². The second kappa shape index (κ2) is 6.71. The maximum Gasteiger partial charge on any atom is 0.252 e. The van der Waals surface area contributed by atoms with Gasteiger partial charge in [0.15, 0.2) is 0 Å².